The number of fused-ring (bicyclic) bond motifs is 1. The molecule has 4 rings (SSSR count). The Hall–Kier alpha value is -4.31. The molecule has 1 aliphatic rings. The number of thiophene rings is 1. The Kier molecular flexibility index (Phi) is 9.22. The van der Waals surface area contributed by atoms with Gasteiger partial charge in [-0.05, 0) is 69.4 Å². The zero-order valence-corrected chi connectivity index (χ0v) is 22.6. The number of nitrogens with one attached hydrogen (secondary N) is 2. The van der Waals surface area contributed by atoms with Crippen LogP contribution in [-0.4, -0.2) is 36.6 Å². The monoisotopic (exact) mass is 547 g/mol. The van der Waals surface area contributed by atoms with Crippen molar-refractivity contribution in [2.75, 3.05) is 11.9 Å². The molecule has 1 aliphatic carbocycles. The number of carbonyl (C=O) groups is 4. The van der Waals surface area contributed by atoms with Crippen molar-refractivity contribution in [1.82, 2.24) is 5.43 Å². The molecule has 10 heteroatoms. The molecule has 202 valence electrons. The van der Waals surface area contributed by atoms with E-state index in [1.807, 2.05) is 13.0 Å². The molecule has 0 spiro atoms. The molecule has 3 aromatic rings. The number of hydrazone groups is 1. The van der Waals surface area contributed by atoms with Gasteiger partial charge in [-0.2, -0.15) is 5.10 Å². The van der Waals surface area contributed by atoms with E-state index in [4.69, 9.17) is 9.47 Å². The minimum atomic E-state index is -1.01. The van der Waals surface area contributed by atoms with Crippen LogP contribution in [0.3, 0.4) is 0 Å². The topological polar surface area (TPSA) is 123 Å². The van der Waals surface area contributed by atoms with Crippen molar-refractivity contribution in [3.05, 3.63) is 81.2 Å². The fraction of sp³-hybridized carbons (Fsp3) is 0.276. The molecule has 9 nitrogen and oxygen atoms in total. The van der Waals surface area contributed by atoms with Crippen LogP contribution < -0.4 is 15.5 Å². The predicted molar refractivity (Wildman–Crippen MR) is 148 cm³/mol. The van der Waals surface area contributed by atoms with Gasteiger partial charge in [0.25, 0.3) is 0 Å². The molecule has 0 unspecified atom stereocenters. The number of hydrogen-bond acceptors (Lipinski definition) is 8. The third-order valence-electron chi connectivity index (χ3n) is 6.08. The lowest BCUT2D eigenvalue weighted by atomic mass is 10.1. The highest BCUT2D eigenvalue weighted by molar-refractivity contribution is 7.17. The second-order valence-corrected chi connectivity index (χ2v) is 10.0. The lowest BCUT2D eigenvalue weighted by Crippen LogP contribution is -2.32. The van der Waals surface area contributed by atoms with Gasteiger partial charge in [-0.3, -0.25) is 9.59 Å². The van der Waals surface area contributed by atoms with Gasteiger partial charge in [0, 0.05) is 10.4 Å². The van der Waals surface area contributed by atoms with Crippen molar-refractivity contribution >= 4 is 46.3 Å². The summed E-state index contributed by atoms with van der Waals surface area (Å²) >= 11 is 1.30. The summed E-state index contributed by atoms with van der Waals surface area (Å²) in [4.78, 5) is 51.4. The Morgan fingerprint density at radius 1 is 0.974 bits per heavy atom. The fourth-order valence-electron chi connectivity index (χ4n) is 4.23. The minimum absolute atomic E-state index is 0.202. The van der Waals surface area contributed by atoms with E-state index in [-0.39, 0.29) is 12.4 Å². The van der Waals surface area contributed by atoms with E-state index < -0.39 is 23.8 Å². The van der Waals surface area contributed by atoms with Gasteiger partial charge in [-0.1, -0.05) is 36.2 Å². The van der Waals surface area contributed by atoms with Crippen LogP contribution in [0.4, 0.5) is 5.00 Å². The van der Waals surface area contributed by atoms with Crippen molar-refractivity contribution in [3.8, 4) is 5.75 Å². The summed E-state index contributed by atoms with van der Waals surface area (Å²) in [6.45, 7) is 3.80. The van der Waals surface area contributed by atoms with E-state index in [0.717, 1.165) is 48.1 Å². The molecular weight excluding hydrogens is 518 g/mol. The van der Waals surface area contributed by atoms with Gasteiger partial charge in [0.1, 0.15) is 10.8 Å². The van der Waals surface area contributed by atoms with Crippen LogP contribution in [0.5, 0.6) is 5.75 Å². The number of amides is 2. The molecular formula is C29H29N3O6S. The lowest BCUT2D eigenvalue weighted by molar-refractivity contribution is -0.136. The minimum Gasteiger partial charge on any atom is -0.462 e. The maximum Gasteiger partial charge on any atom is 0.343 e. The highest BCUT2D eigenvalue weighted by atomic mass is 32.1. The van der Waals surface area contributed by atoms with Gasteiger partial charge < -0.3 is 14.8 Å². The normalized spacial score (nSPS) is 12.8. The zero-order valence-electron chi connectivity index (χ0n) is 21.7. The van der Waals surface area contributed by atoms with Crippen molar-refractivity contribution < 1.29 is 28.7 Å². The number of anilines is 1. The van der Waals surface area contributed by atoms with Crippen LogP contribution in [0.1, 0.15) is 68.5 Å². The first-order valence-corrected chi connectivity index (χ1v) is 13.5. The number of para-hydroxylation sites is 1. The Bertz CT molecular complexity index is 1430. The zero-order chi connectivity index (χ0) is 27.8. The summed E-state index contributed by atoms with van der Waals surface area (Å²) in [5.41, 5.74) is 5.15. The standard InChI is InChI=1S/C29H29N3O6S/c1-3-37-29(36)24-21-13-5-4-6-15-23(21)39-27(24)31-25(33)26(34)32-30-17-20-11-7-8-14-22(20)38-28(35)19-12-9-10-18(2)16-19/h7-12,14,16-17H,3-6,13,15H2,1-2H3,(H,31,33)(H,32,34)/b30-17+. The molecule has 0 atom stereocenters. The molecule has 0 aliphatic heterocycles. The average Bonchev–Trinajstić information content (AvgIpc) is 3.09. The highest BCUT2D eigenvalue weighted by Crippen LogP contribution is 2.38. The van der Waals surface area contributed by atoms with Crippen molar-refractivity contribution in [3.63, 3.8) is 0 Å². The summed E-state index contributed by atoms with van der Waals surface area (Å²) < 4.78 is 10.7. The van der Waals surface area contributed by atoms with Crippen molar-refractivity contribution in [2.45, 2.75) is 46.0 Å². The first kappa shape index (κ1) is 27.7. The lowest BCUT2D eigenvalue weighted by Gasteiger charge is -2.08. The predicted octanol–water partition coefficient (Wildman–Crippen LogP) is 4.81. The fourth-order valence-corrected chi connectivity index (χ4v) is 5.50. The number of carbonyl (C=O) groups excluding carboxylic acids is 4. The van der Waals surface area contributed by atoms with E-state index in [0.29, 0.717) is 21.7 Å². The third-order valence-corrected chi connectivity index (χ3v) is 7.29. The number of nitrogens with zero attached hydrogens (tertiary/aromatic N) is 1. The molecule has 1 aromatic heterocycles. The first-order chi connectivity index (χ1) is 18.9. The van der Waals surface area contributed by atoms with Gasteiger partial charge in [0.2, 0.25) is 0 Å². The Morgan fingerprint density at radius 2 is 1.77 bits per heavy atom. The van der Waals surface area contributed by atoms with E-state index in [2.05, 4.69) is 15.8 Å². The highest BCUT2D eigenvalue weighted by Gasteiger charge is 2.28. The molecule has 0 saturated carbocycles. The first-order valence-electron chi connectivity index (χ1n) is 12.7. The summed E-state index contributed by atoms with van der Waals surface area (Å²) in [5, 5.41) is 6.72. The number of esters is 2. The molecule has 39 heavy (non-hydrogen) atoms. The quantitative estimate of drug-likeness (QED) is 0.109. The molecule has 2 aromatic carbocycles. The maximum atomic E-state index is 12.7. The third kappa shape index (κ3) is 6.97. The largest absolute Gasteiger partial charge is 0.462 e. The average molecular weight is 548 g/mol. The molecule has 0 saturated heterocycles. The molecule has 0 radical (unpaired) electrons. The molecule has 1 heterocycles. The van der Waals surface area contributed by atoms with E-state index >= 15 is 0 Å². The van der Waals surface area contributed by atoms with Crippen LogP contribution in [0, 0.1) is 6.92 Å². The summed E-state index contributed by atoms with van der Waals surface area (Å²) in [6, 6.07) is 13.7. The van der Waals surface area contributed by atoms with Gasteiger partial charge >= 0.3 is 23.8 Å². The van der Waals surface area contributed by atoms with Gasteiger partial charge in [0.05, 0.1) is 23.9 Å². The van der Waals surface area contributed by atoms with E-state index in [1.54, 1.807) is 49.4 Å². The number of rotatable bonds is 7. The molecule has 0 fully saturated rings. The number of ether oxygens (including phenoxy) is 2. The Balaban J connectivity index is 1.43. The van der Waals surface area contributed by atoms with E-state index in [9.17, 15) is 19.2 Å². The van der Waals surface area contributed by atoms with Gasteiger partial charge in [-0.15, -0.1) is 11.3 Å². The SMILES string of the molecule is CCOC(=O)c1c(NC(=O)C(=O)N/N=C/c2ccccc2OC(=O)c2cccc(C)c2)sc2c1CCCCC2. The van der Waals surface area contributed by atoms with E-state index in [1.165, 1.54) is 17.6 Å². The van der Waals surface area contributed by atoms with Crippen molar-refractivity contribution in [1.29, 1.82) is 0 Å². The molecule has 0 bridgehead atoms. The van der Waals surface area contributed by atoms with Gasteiger partial charge in [-0.25, -0.2) is 15.0 Å². The van der Waals surface area contributed by atoms with Crippen molar-refractivity contribution in [2.24, 2.45) is 5.10 Å². The Labute approximate surface area is 230 Å². The molecule has 2 N–H and O–H groups in total. The van der Waals surface area contributed by atoms with Crippen LogP contribution in [0.15, 0.2) is 53.6 Å². The summed E-state index contributed by atoms with van der Waals surface area (Å²) in [7, 11) is 0. The summed E-state index contributed by atoms with van der Waals surface area (Å²) in [5.74, 6) is -2.78. The second-order valence-electron chi connectivity index (χ2n) is 8.94. The van der Waals surface area contributed by atoms with Crippen LogP contribution in [-0.2, 0) is 27.2 Å². The smallest absolute Gasteiger partial charge is 0.343 e. The van der Waals surface area contributed by atoms with Crippen LogP contribution >= 0.6 is 11.3 Å². The molecule has 2 amide bonds. The number of hydrogen-bond donors (Lipinski definition) is 2. The van der Waals surface area contributed by atoms with Crippen LogP contribution in [0.2, 0.25) is 0 Å². The van der Waals surface area contributed by atoms with Gasteiger partial charge in [0.15, 0.2) is 0 Å². The second kappa shape index (κ2) is 13.0. The summed E-state index contributed by atoms with van der Waals surface area (Å²) in [6.07, 6.45) is 5.83. The maximum absolute atomic E-state index is 12.7. The number of benzene rings is 2. The number of aryl methyl sites for hydroxylation is 2. The van der Waals surface area contributed by atoms with Crippen LogP contribution in [0.25, 0.3) is 0 Å². The Morgan fingerprint density at radius 3 is 2.56 bits per heavy atom.